The number of ether oxygens (including phenoxy) is 1. The number of nitrogen functional groups attached to an aromatic ring is 1. The Hall–Kier alpha value is -2.28. The Kier molecular flexibility index (Phi) is 6.21. The van der Waals surface area contributed by atoms with Crippen molar-refractivity contribution >= 4 is 45.5 Å². The van der Waals surface area contributed by atoms with E-state index in [0.717, 1.165) is 59.6 Å². The molecule has 0 saturated heterocycles. The van der Waals surface area contributed by atoms with Gasteiger partial charge in [0.2, 0.25) is 0 Å². The van der Waals surface area contributed by atoms with Crippen LogP contribution < -0.4 is 5.73 Å². The zero-order valence-corrected chi connectivity index (χ0v) is 16.9. The Balaban J connectivity index is 2.20. The number of pyridine rings is 1. The van der Waals surface area contributed by atoms with Crippen LogP contribution in [0.25, 0.3) is 21.9 Å². The van der Waals surface area contributed by atoms with Gasteiger partial charge in [-0.25, -0.2) is 14.8 Å². The lowest BCUT2D eigenvalue weighted by Crippen LogP contribution is -2.07. The highest BCUT2D eigenvalue weighted by atomic mass is 32.2. The van der Waals surface area contributed by atoms with E-state index in [-0.39, 0.29) is 5.97 Å². The number of thioether (sulfide) groups is 1. The first-order valence-corrected chi connectivity index (χ1v) is 10.5. The number of esters is 1. The van der Waals surface area contributed by atoms with E-state index in [4.69, 9.17) is 15.5 Å². The van der Waals surface area contributed by atoms with Gasteiger partial charge in [-0.05, 0) is 30.4 Å². The van der Waals surface area contributed by atoms with Crippen LogP contribution in [0.4, 0.5) is 5.82 Å². The molecule has 6 nitrogen and oxygen atoms in total. The summed E-state index contributed by atoms with van der Waals surface area (Å²) in [4.78, 5) is 21.2. The van der Waals surface area contributed by atoms with E-state index in [1.54, 1.807) is 12.1 Å². The highest BCUT2D eigenvalue weighted by Gasteiger charge is 2.18. The van der Waals surface area contributed by atoms with E-state index in [9.17, 15) is 4.79 Å². The molecule has 0 amide bonds. The number of carbonyl (C=O) groups is 1. The van der Waals surface area contributed by atoms with Gasteiger partial charge in [0.25, 0.3) is 0 Å². The number of aryl methyl sites for hydroxylation is 2. The van der Waals surface area contributed by atoms with Crippen LogP contribution in [-0.4, -0.2) is 39.1 Å². The number of nitrogens with two attached hydrogens (primary N) is 1. The largest absolute Gasteiger partial charge is 0.465 e. The number of aromatic nitrogens is 3. The molecule has 0 spiro atoms. The summed E-state index contributed by atoms with van der Waals surface area (Å²) in [5.74, 6) is 3.18. The lowest BCUT2D eigenvalue weighted by Gasteiger charge is -2.11. The highest BCUT2D eigenvalue weighted by Crippen LogP contribution is 2.30. The lowest BCUT2D eigenvalue weighted by molar-refractivity contribution is 0.0601. The van der Waals surface area contributed by atoms with Gasteiger partial charge in [-0.3, -0.25) is 0 Å². The van der Waals surface area contributed by atoms with Crippen LogP contribution in [-0.2, 0) is 17.7 Å². The summed E-state index contributed by atoms with van der Waals surface area (Å²) < 4.78 is 7.11. The number of benzene rings is 1. The molecule has 144 valence electrons. The fourth-order valence-electron chi connectivity index (χ4n) is 3.27. The molecule has 7 heteroatoms. The lowest BCUT2D eigenvalue weighted by atomic mass is 10.1. The molecule has 0 fully saturated rings. The van der Waals surface area contributed by atoms with Crippen molar-refractivity contribution in [2.75, 3.05) is 24.3 Å². The van der Waals surface area contributed by atoms with Crippen molar-refractivity contribution in [3.8, 4) is 0 Å². The van der Waals surface area contributed by atoms with Crippen molar-refractivity contribution in [2.24, 2.45) is 0 Å². The Morgan fingerprint density at radius 1 is 1.30 bits per heavy atom. The number of imidazole rings is 1. The van der Waals surface area contributed by atoms with Crippen LogP contribution in [0.2, 0.25) is 0 Å². The second-order valence-electron chi connectivity index (χ2n) is 6.40. The van der Waals surface area contributed by atoms with Gasteiger partial charge in [-0.1, -0.05) is 20.3 Å². The summed E-state index contributed by atoms with van der Waals surface area (Å²) in [6, 6.07) is 5.43. The fourth-order valence-corrected chi connectivity index (χ4v) is 3.87. The zero-order chi connectivity index (χ0) is 19.4. The highest BCUT2D eigenvalue weighted by molar-refractivity contribution is 7.99. The summed E-state index contributed by atoms with van der Waals surface area (Å²) >= 11 is 1.91. The molecule has 0 aliphatic carbocycles. The number of methoxy groups -OCH3 is 1. The minimum Gasteiger partial charge on any atom is -0.465 e. The molecule has 1 aromatic carbocycles. The number of carbonyl (C=O) groups excluding carboxylic acids is 1. The maximum absolute atomic E-state index is 11.9. The first-order valence-electron chi connectivity index (χ1n) is 9.35. The third-order valence-electron chi connectivity index (χ3n) is 4.62. The molecule has 0 bridgehead atoms. The average molecular weight is 387 g/mol. The molecule has 3 rings (SSSR count). The molecule has 3 aromatic rings. The maximum atomic E-state index is 11.9. The standard InChI is InChI=1S/C20H26N4O2S/c1-4-6-7-16-23-17-18(24(16)10-11-27-5-2)14-9-8-13(20(25)26-3)12-15(14)22-19(17)21/h8-9,12H,4-7,10-11H2,1-3H3,(H2,21,22). The third-order valence-corrected chi connectivity index (χ3v) is 5.50. The first-order chi connectivity index (χ1) is 13.1. The topological polar surface area (TPSA) is 83.0 Å². The van der Waals surface area contributed by atoms with E-state index < -0.39 is 0 Å². The van der Waals surface area contributed by atoms with Crippen molar-refractivity contribution in [3.05, 3.63) is 29.6 Å². The van der Waals surface area contributed by atoms with Gasteiger partial charge in [-0.2, -0.15) is 11.8 Å². The van der Waals surface area contributed by atoms with E-state index in [2.05, 4.69) is 23.4 Å². The molecule has 0 unspecified atom stereocenters. The number of nitrogens with zero attached hydrogens (tertiary/aromatic N) is 3. The van der Waals surface area contributed by atoms with Crippen molar-refractivity contribution in [3.63, 3.8) is 0 Å². The van der Waals surface area contributed by atoms with Crippen LogP contribution in [0.1, 0.15) is 42.9 Å². The van der Waals surface area contributed by atoms with Gasteiger partial charge < -0.3 is 15.0 Å². The zero-order valence-electron chi connectivity index (χ0n) is 16.1. The molecule has 0 aliphatic heterocycles. The molecule has 2 heterocycles. The van der Waals surface area contributed by atoms with Gasteiger partial charge in [0.15, 0.2) is 5.82 Å². The third kappa shape index (κ3) is 3.88. The van der Waals surface area contributed by atoms with Crippen molar-refractivity contribution < 1.29 is 9.53 Å². The van der Waals surface area contributed by atoms with Crippen LogP contribution in [0, 0.1) is 0 Å². The van der Waals surface area contributed by atoms with Gasteiger partial charge in [0.1, 0.15) is 11.3 Å². The smallest absolute Gasteiger partial charge is 0.337 e. The number of fused-ring (bicyclic) bond motifs is 3. The van der Waals surface area contributed by atoms with Gasteiger partial charge in [0, 0.05) is 24.1 Å². The monoisotopic (exact) mass is 386 g/mol. The number of rotatable bonds is 8. The summed E-state index contributed by atoms with van der Waals surface area (Å²) in [6.45, 7) is 5.23. The van der Waals surface area contributed by atoms with Crippen LogP contribution in [0.5, 0.6) is 0 Å². The SMILES string of the molecule is CCCCc1nc2c(N)nc3cc(C(=O)OC)ccc3c2n1CCSCC. The quantitative estimate of drug-likeness (QED) is 0.464. The Morgan fingerprint density at radius 3 is 2.81 bits per heavy atom. The van der Waals surface area contributed by atoms with Crippen molar-refractivity contribution in [2.45, 2.75) is 39.7 Å². The summed E-state index contributed by atoms with van der Waals surface area (Å²) in [7, 11) is 1.37. The molecular formula is C20H26N4O2S. The van der Waals surface area contributed by atoms with Crippen LogP contribution in [0.15, 0.2) is 18.2 Å². The van der Waals surface area contributed by atoms with E-state index >= 15 is 0 Å². The average Bonchev–Trinajstić information content (AvgIpc) is 3.05. The maximum Gasteiger partial charge on any atom is 0.337 e. The Bertz CT molecular complexity index is 968. The van der Waals surface area contributed by atoms with Crippen LogP contribution >= 0.6 is 11.8 Å². The summed E-state index contributed by atoms with van der Waals surface area (Å²) in [5, 5.41) is 0.962. The van der Waals surface area contributed by atoms with E-state index in [1.165, 1.54) is 7.11 Å². The number of hydrogen-bond acceptors (Lipinski definition) is 6. The second kappa shape index (κ2) is 8.61. The van der Waals surface area contributed by atoms with Gasteiger partial charge in [0.05, 0.1) is 23.7 Å². The van der Waals surface area contributed by atoms with E-state index in [1.807, 2.05) is 17.8 Å². The second-order valence-corrected chi connectivity index (χ2v) is 7.79. The molecule has 27 heavy (non-hydrogen) atoms. The Labute approximate surface area is 163 Å². The van der Waals surface area contributed by atoms with Gasteiger partial charge >= 0.3 is 5.97 Å². The molecule has 0 aliphatic rings. The van der Waals surface area contributed by atoms with Crippen molar-refractivity contribution in [1.29, 1.82) is 0 Å². The minimum atomic E-state index is -0.381. The molecule has 2 aromatic heterocycles. The number of unbranched alkanes of at least 4 members (excludes halogenated alkanes) is 1. The minimum absolute atomic E-state index is 0.381. The van der Waals surface area contributed by atoms with Gasteiger partial charge in [-0.15, -0.1) is 0 Å². The van der Waals surface area contributed by atoms with E-state index in [0.29, 0.717) is 16.9 Å². The predicted octanol–water partition coefficient (Wildman–Crippen LogP) is 4.05. The predicted molar refractivity (Wildman–Crippen MR) is 112 cm³/mol. The molecule has 2 N–H and O–H groups in total. The normalized spacial score (nSPS) is 11.4. The molecule has 0 saturated carbocycles. The first kappa shape index (κ1) is 19.5. The molecular weight excluding hydrogens is 360 g/mol. The van der Waals surface area contributed by atoms with Crippen LogP contribution in [0.3, 0.4) is 0 Å². The molecule has 0 radical (unpaired) electrons. The Morgan fingerprint density at radius 2 is 2.11 bits per heavy atom. The van der Waals surface area contributed by atoms with Crippen molar-refractivity contribution in [1.82, 2.24) is 14.5 Å². The summed E-state index contributed by atoms with van der Waals surface area (Å²) in [6.07, 6.45) is 3.12. The number of anilines is 1. The fraction of sp³-hybridized carbons (Fsp3) is 0.450. The summed E-state index contributed by atoms with van der Waals surface area (Å²) in [5.41, 5.74) is 9.16. The molecule has 0 atom stereocenters. The number of hydrogen-bond donors (Lipinski definition) is 1.